The molecule has 0 spiro atoms. The first-order chi connectivity index (χ1) is 13.0. The number of benzene rings is 1. The Morgan fingerprint density at radius 1 is 1.22 bits per heavy atom. The molecule has 144 valence electrons. The minimum Gasteiger partial charge on any atom is -0.342 e. The van der Waals surface area contributed by atoms with E-state index < -0.39 is 0 Å². The molecule has 3 N–H and O–H groups in total. The van der Waals surface area contributed by atoms with Gasteiger partial charge in [0.15, 0.2) is 6.04 Å². The molecule has 3 atom stereocenters. The average molecular weight is 387 g/mol. The van der Waals surface area contributed by atoms with Crippen molar-refractivity contribution in [2.45, 2.75) is 45.7 Å². The Hall–Kier alpha value is -2.18. The van der Waals surface area contributed by atoms with Gasteiger partial charge in [0.05, 0.1) is 18.0 Å². The second kappa shape index (κ2) is 8.67. The lowest BCUT2D eigenvalue weighted by molar-refractivity contribution is -0.931. The number of hydrogen-bond acceptors (Lipinski definition) is 3. The highest BCUT2D eigenvalue weighted by atomic mass is 32.1. The van der Waals surface area contributed by atoms with Gasteiger partial charge in [0.1, 0.15) is 6.04 Å². The number of rotatable bonds is 6. The van der Waals surface area contributed by atoms with Crippen LogP contribution in [0.3, 0.4) is 0 Å². The Morgan fingerprint density at radius 2 is 1.96 bits per heavy atom. The van der Waals surface area contributed by atoms with Crippen LogP contribution in [0.5, 0.6) is 0 Å². The normalized spacial score (nSPS) is 20.3. The first-order valence-electron chi connectivity index (χ1n) is 9.50. The maximum absolute atomic E-state index is 12.6. The molecule has 1 unspecified atom stereocenters. The molecule has 1 aliphatic rings. The van der Waals surface area contributed by atoms with Crippen LogP contribution in [0.15, 0.2) is 35.7 Å². The minimum atomic E-state index is -0.195. The Kier molecular flexibility index (Phi) is 6.29. The molecule has 6 heteroatoms. The molecule has 2 aromatic rings. The molecule has 1 aromatic heterocycles. The summed E-state index contributed by atoms with van der Waals surface area (Å²) in [6.45, 7) is 6.87. The molecular formula is C21H28N3O2S+. The molecule has 0 bridgehead atoms. The molecular weight excluding hydrogens is 358 g/mol. The summed E-state index contributed by atoms with van der Waals surface area (Å²) >= 11 is 1.76. The van der Waals surface area contributed by atoms with Crippen molar-refractivity contribution in [3.63, 3.8) is 0 Å². The van der Waals surface area contributed by atoms with Gasteiger partial charge in [0, 0.05) is 18.5 Å². The van der Waals surface area contributed by atoms with Crippen LogP contribution in [-0.4, -0.2) is 30.9 Å². The highest BCUT2D eigenvalue weighted by Crippen LogP contribution is 2.24. The van der Waals surface area contributed by atoms with Crippen LogP contribution in [0.25, 0.3) is 0 Å². The van der Waals surface area contributed by atoms with Crippen LogP contribution in [0.2, 0.25) is 0 Å². The van der Waals surface area contributed by atoms with Gasteiger partial charge in [-0.25, -0.2) is 0 Å². The first kappa shape index (κ1) is 19.6. The number of nitrogens with one attached hydrogen (secondary N) is 3. The predicted molar refractivity (Wildman–Crippen MR) is 109 cm³/mol. The summed E-state index contributed by atoms with van der Waals surface area (Å²) in [5.74, 6) is -0.260. The van der Waals surface area contributed by atoms with Gasteiger partial charge in [-0.3, -0.25) is 9.59 Å². The summed E-state index contributed by atoms with van der Waals surface area (Å²) in [5, 5.41) is 7.82. The second-order valence-corrected chi connectivity index (χ2v) is 8.27. The fourth-order valence-electron chi connectivity index (χ4n) is 3.89. The molecule has 0 saturated carbocycles. The van der Waals surface area contributed by atoms with Crippen molar-refractivity contribution < 1.29 is 14.5 Å². The number of carbonyl (C=O) groups is 2. The van der Waals surface area contributed by atoms with Crippen LogP contribution in [0, 0.1) is 13.8 Å². The zero-order chi connectivity index (χ0) is 19.4. The molecule has 2 amide bonds. The molecule has 27 heavy (non-hydrogen) atoms. The highest BCUT2D eigenvalue weighted by Gasteiger charge is 2.37. The highest BCUT2D eigenvalue weighted by molar-refractivity contribution is 7.10. The smallest absolute Gasteiger partial charge is 0.278 e. The molecule has 2 heterocycles. The fourth-order valence-corrected chi connectivity index (χ4v) is 4.79. The standard InChI is InChI=1S/C21H27N3O2S/c1-14-7-4-8-15(2)20(14)23-19(25)13-22-21(26)16(3)24-11-5-9-17(24)18-10-6-12-27-18/h4,6-8,10,12,16-17H,5,9,11,13H2,1-3H3,(H,22,26)(H,23,25)/p+1/t16-,17+/m0/s1. The van der Waals surface area contributed by atoms with E-state index in [0.29, 0.717) is 6.04 Å². The van der Waals surface area contributed by atoms with Gasteiger partial charge in [-0.15, -0.1) is 11.3 Å². The summed E-state index contributed by atoms with van der Waals surface area (Å²) in [7, 11) is 0. The van der Waals surface area contributed by atoms with Crippen molar-refractivity contribution in [2.24, 2.45) is 0 Å². The monoisotopic (exact) mass is 386 g/mol. The number of carbonyl (C=O) groups excluding carboxylic acids is 2. The van der Waals surface area contributed by atoms with Crippen LogP contribution < -0.4 is 15.5 Å². The summed E-state index contributed by atoms with van der Waals surface area (Å²) in [4.78, 5) is 27.6. The number of hydrogen-bond donors (Lipinski definition) is 3. The Bertz CT molecular complexity index is 784. The summed E-state index contributed by atoms with van der Waals surface area (Å²) in [6, 6.07) is 10.3. The molecule has 0 radical (unpaired) electrons. The van der Waals surface area contributed by atoms with E-state index in [1.807, 2.05) is 39.0 Å². The Balaban J connectivity index is 1.55. The van der Waals surface area contributed by atoms with Crippen LogP contribution in [0.4, 0.5) is 5.69 Å². The minimum absolute atomic E-state index is 0.00606. The number of aryl methyl sites for hydroxylation is 2. The van der Waals surface area contributed by atoms with E-state index in [4.69, 9.17) is 0 Å². The van der Waals surface area contributed by atoms with Crippen molar-refractivity contribution in [3.05, 3.63) is 51.7 Å². The van der Waals surface area contributed by atoms with Crippen LogP contribution >= 0.6 is 11.3 Å². The first-order valence-corrected chi connectivity index (χ1v) is 10.4. The largest absolute Gasteiger partial charge is 0.342 e. The third-order valence-corrected chi connectivity index (χ3v) is 6.40. The molecule has 5 nitrogen and oxygen atoms in total. The maximum Gasteiger partial charge on any atom is 0.278 e. The van der Waals surface area contributed by atoms with Crippen LogP contribution in [0.1, 0.15) is 41.8 Å². The number of anilines is 1. The SMILES string of the molecule is Cc1cccc(C)c1NC(=O)CNC(=O)[C@H](C)[NH+]1CCC[C@@H]1c1cccs1. The fraction of sp³-hybridized carbons (Fsp3) is 0.429. The van der Waals surface area contributed by atoms with Crippen LogP contribution in [-0.2, 0) is 9.59 Å². The van der Waals surface area contributed by atoms with Crippen molar-refractivity contribution >= 4 is 28.8 Å². The van der Waals surface area contributed by atoms with Crippen molar-refractivity contribution in [1.82, 2.24) is 5.32 Å². The van der Waals surface area contributed by atoms with E-state index in [-0.39, 0.29) is 24.4 Å². The third kappa shape index (κ3) is 4.57. The topological polar surface area (TPSA) is 62.6 Å². The number of amides is 2. The van der Waals surface area contributed by atoms with Gasteiger partial charge in [0.2, 0.25) is 5.91 Å². The van der Waals surface area contributed by atoms with Gasteiger partial charge in [-0.2, -0.15) is 0 Å². The zero-order valence-corrected chi connectivity index (χ0v) is 17.0. The maximum atomic E-state index is 12.6. The Morgan fingerprint density at radius 3 is 2.63 bits per heavy atom. The van der Waals surface area contributed by atoms with E-state index >= 15 is 0 Å². The van der Waals surface area contributed by atoms with E-state index in [0.717, 1.165) is 36.2 Å². The van der Waals surface area contributed by atoms with Crippen molar-refractivity contribution in [1.29, 1.82) is 0 Å². The number of likely N-dealkylation sites (tertiary alicyclic amines) is 1. The van der Waals surface area contributed by atoms with Gasteiger partial charge in [-0.1, -0.05) is 24.3 Å². The van der Waals surface area contributed by atoms with Gasteiger partial charge in [0.25, 0.3) is 5.91 Å². The molecule has 1 saturated heterocycles. The van der Waals surface area contributed by atoms with E-state index in [9.17, 15) is 9.59 Å². The average Bonchev–Trinajstić information content (AvgIpc) is 3.33. The lowest BCUT2D eigenvalue weighted by atomic mass is 10.1. The van der Waals surface area contributed by atoms with Crippen molar-refractivity contribution in [3.8, 4) is 0 Å². The van der Waals surface area contributed by atoms with E-state index in [2.05, 4.69) is 28.1 Å². The molecule has 1 aromatic carbocycles. The summed E-state index contributed by atoms with van der Waals surface area (Å²) < 4.78 is 0. The lowest BCUT2D eigenvalue weighted by Gasteiger charge is -2.26. The molecule has 3 rings (SSSR count). The van der Waals surface area contributed by atoms with Gasteiger partial charge >= 0.3 is 0 Å². The summed E-state index contributed by atoms with van der Waals surface area (Å²) in [5.41, 5.74) is 2.86. The zero-order valence-electron chi connectivity index (χ0n) is 16.2. The second-order valence-electron chi connectivity index (χ2n) is 7.29. The third-order valence-electron chi connectivity index (χ3n) is 5.41. The van der Waals surface area contributed by atoms with E-state index in [1.54, 1.807) is 11.3 Å². The predicted octanol–water partition coefficient (Wildman–Crippen LogP) is 2.23. The Labute approximate surface area is 164 Å². The number of quaternary nitrogens is 1. The molecule has 1 aliphatic heterocycles. The lowest BCUT2D eigenvalue weighted by Crippen LogP contribution is -3.15. The van der Waals surface area contributed by atoms with Crippen molar-refractivity contribution in [2.75, 3.05) is 18.4 Å². The number of thiophene rings is 1. The molecule has 1 fully saturated rings. The van der Waals surface area contributed by atoms with Gasteiger partial charge < -0.3 is 15.5 Å². The number of para-hydroxylation sites is 1. The molecule has 0 aliphatic carbocycles. The quantitative estimate of drug-likeness (QED) is 0.713. The summed E-state index contributed by atoms with van der Waals surface area (Å²) in [6.07, 6.45) is 2.24. The van der Waals surface area contributed by atoms with E-state index in [1.165, 1.54) is 9.78 Å². The van der Waals surface area contributed by atoms with Gasteiger partial charge in [-0.05, 0) is 43.3 Å².